The molecule has 0 radical (unpaired) electrons. The Morgan fingerprint density at radius 3 is 3.05 bits per heavy atom. The summed E-state index contributed by atoms with van der Waals surface area (Å²) in [6.07, 6.45) is 1.65. The highest BCUT2D eigenvalue weighted by atomic mass is 32.2. The lowest BCUT2D eigenvalue weighted by Crippen LogP contribution is -1.96. The number of hydrogen-bond donors (Lipinski definition) is 1. The summed E-state index contributed by atoms with van der Waals surface area (Å²) in [4.78, 5) is 0. The highest BCUT2D eigenvalue weighted by molar-refractivity contribution is 8.00. The van der Waals surface area contributed by atoms with Gasteiger partial charge in [0.1, 0.15) is 5.76 Å². The predicted molar refractivity (Wildman–Crippen MR) is 86.7 cm³/mol. The van der Waals surface area contributed by atoms with Crippen LogP contribution in [-0.4, -0.2) is 10.2 Å². The van der Waals surface area contributed by atoms with Gasteiger partial charge in [0.15, 0.2) is 4.34 Å². The molecule has 2 aromatic heterocycles. The second kappa shape index (κ2) is 7.11. The van der Waals surface area contributed by atoms with E-state index >= 15 is 0 Å². The largest absolute Gasteiger partial charge is 0.467 e. The van der Waals surface area contributed by atoms with E-state index in [1.165, 1.54) is 11.3 Å². The summed E-state index contributed by atoms with van der Waals surface area (Å²) in [5.74, 6) is 1.63. The number of thioether (sulfide) groups is 1. The highest BCUT2D eigenvalue weighted by Crippen LogP contribution is 2.28. The summed E-state index contributed by atoms with van der Waals surface area (Å²) in [6, 6.07) is 13.5. The zero-order valence-corrected chi connectivity index (χ0v) is 13.2. The molecule has 0 unspecified atom stereocenters. The van der Waals surface area contributed by atoms with Crippen LogP contribution in [0.3, 0.4) is 0 Å². The van der Waals surface area contributed by atoms with Crippen molar-refractivity contribution in [3.05, 3.63) is 59.5 Å². The van der Waals surface area contributed by atoms with Gasteiger partial charge in [0.2, 0.25) is 5.13 Å². The van der Waals surface area contributed by atoms with E-state index in [4.69, 9.17) is 9.68 Å². The SMILES string of the molecule is N#Cc1cccc(CSc2nnc(NCc3ccco3)s2)c1. The van der Waals surface area contributed by atoms with Crippen LogP contribution in [0.15, 0.2) is 51.4 Å². The normalized spacial score (nSPS) is 10.3. The van der Waals surface area contributed by atoms with E-state index in [0.717, 1.165) is 26.5 Å². The fourth-order valence-electron chi connectivity index (χ4n) is 1.79. The van der Waals surface area contributed by atoms with Gasteiger partial charge in [-0.15, -0.1) is 10.2 Å². The molecule has 0 aliphatic heterocycles. The Morgan fingerprint density at radius 2 is 2.23 bits per heavy atom. The van der Waals surface area contributed by atoms with Gasteiger partial charge < -0.3 is 9.73 Å². The molecule has 0 saturated carbocycles. The summed E-state index contributed by atoms with van der Waals surface area (Å²) >= 11 is 3.12. The Morgan fingerprint density at radius 1 is 1.27 bits per heavy atom. The number of benzene rings is 1. The topological polar surface area (TPSA) is 74.7 Å². The maximum atomic E-state index is 8.90. The highest BCUT2D eigenvalue weighted by Gasteiger charge is 2.06. The van der Waals surface area contributed by atoms with E-state index in [-0.39, 0.29) is 0 Å². The molecule has 2 heterocycles. The summed E-state index contributed by atoms with van der Waals surface area (Å²) in [5, 5.41) is 21.1. The number of nitrogens with one attached hydrogen (secondary N) is 1. The fourth-order valence-corrected chi connectivity index (χ4v) is 3.48. The first kappa shape index (κ1) is 14.6. The number of furan rings is 1. The first-order chi connectivity index (χ1) is 10.8. The number of aromatic nitrogens is 2. The van der Waals surface area contributed by atoms with E-state index in [1.807, 2.05) is 30.3 Å². The molecule has 7 heteroatoms. The van der Waals surface area contributed by atoms with E-state index in [2.05, 4.69) is 21.6 Å². The molecule has 22 heavy (non-hydrogen) atoms. The molecule has 5 nitrogen and oxygen atoms in total. The van der Waals surface area contributed by atoms with Crippen LogP contribution < -0.4 is 5.32 Å². The Bertz CT molecular complexity index is 777. The van der Waals surface area contributed by atoms with E-state index in [9.17, 15) is 0 Å². The molecule has 0 aliphatic rings. The molecule has 3 aromatic rings. The van der Waals surface area contributed by atoms with Crippen LogP contribution in [0.1, 0.15) is 16.9 Å². The summed E-state index contributed by atoms with van der Waals surface area (Å²) in [6.45, 7) is 0.594. The Hall–Kier alpha value is -2.30. The first-order valence-electron chi connectivity index (χ1n) is 6.55. The molecule has 3 rings (SSSR count). The van der Waals surface area contributed by atoms with Gasteiger partial charge in [-0.05, 0) is 29.8 Å². The van der Waals surface area contributed by atoms with Gasteiger partial charge in [-0.2, -0.15) is 5.26 Å². The quantitative estimate of drug-likeness (QED) is 0.692. The van der Waals surface area contributed by atoms with Gasteiger partial charge in [-0.1, -0.05) is 35.2 Å². The Kier molecular flexibility index (Phi) is 4.73. The van der Waals surface area contributed by atoms with Crippen molar-refractivity contribution >= 4 is 28.2 Å². The van der Waals surface area contributed by atoms with Crippen molar-refractivity contribution in [1.82, 2.24) is 10.2 Å². The average molecular weight is 328 g/mol. The minimum absolute atomic E-state index is 0.594. The van der Waals surface area contributed by atoms with Crippen LogP contribution in [-0.2, 0) is 12.3 Å². The van der Waals surface area contributed by atoms with Crippen LogP contribution in [0.2, 0.25) is 0 Å². The van der Waals surface area contributed by atoms with Crippen molar-refractivity contribution in [2.75, 3.05) is 5.32 Å². The zero-order valence-electron chi connectivity index (χ0n) is 11.5. The molecular formula is C15H12N4OS2. The van der Waals surface area contributed by atoms with Gasteiger partial charge >= 0.3 is 0 Å². The van der Waals surface area contributed by atoms with Crippen LogP contribution in [0.4, 0.5) is 5.13 Å². The summed E-state index contributed by atoms with van der Waals surface area (Å²) < 4.78 is 6.14. The maximum absolute atomic E-state index is 8.90. The van der Waals surface area contributed by atoms with Gasteiger partial charge in [-0.25, -0.2) is 0 Å². The van der Waals surface area contributed by atoms with Crippen molar-refractivity contribution in [3.63, 3.8) is 0 Å². The molecule has 110 valence electrons. The number of rotatable bonds is 6. The van der Waals surface area contributed by atoms with Crippen LogP contribution >= 0.6 is 23.1 Å². The summed E-state index contributed by atoms with van der Waals surface area (Å²) in [5.41, 5.74) is 1.78. The molecule has 0 fully saturated rings. The van der Waals surface area contributed by atoms with Crippen molar-refractivity contribution in [2.24, 2.45) is 0 Å². The van der Waals surface area contributed by atoms with E-state index in [0.29, 0.717) is 12.1 Å². The predicted octanol–water partition coefficient (Wildman–Crippen LogP) is 3.91. The molecule has 1 aromatic carbocycles. The third-order valence-corrected chi connectivity index (χ3v) is 4.90. The number of nitrogens with zero attached hydrogens (tertiary/aromatic N) is 3. The minimum atomic E-state index is 0.594. The fraction of sp³-hybridized carbons (Fsp3) is 0.133. The van der Waals surface area contributed by atoms with Gasteiger partial charge in [-0.3, -0.25) is 0 Å². The maximum Gasteiger partial charge on any atom is 0.206 e. The van der Waals surface area contributed by atoms with Crippen LogP contribution in [0, 0.1) is 11.3 Å². The standard InChI is InChI=1S/C15H12N4OS2/c16-8-11-3-1-4-12(7-11)10-21-15-19-18-14(22-15)17-9-13-5-2-6-20-13/h1-7H,9-10H2,(H,17,18). The lowest BCUT2D eigenvalue weighted by atomic mass is 10.2. The number of anilines is 1. The van der Waals surface area contributed by atoms with Gasteiger partial charge in [0, 0.05) is 5.75 Å². The summed E-state index contributed by atoms with van der Waals surface area (Å²) in [7, 11) is 0. The molecule has 0 spiro atoms. The zero-order chi connectivity index (χ0) is 15.2. The van der Waals surface area contributed by atoms with Crippen molar-refractivity contribution in [1.29, 1.82) is 5.26 Å². The molecule has 0 bridgehead atoms. The Balaban J connectivity index is 1.54. The van der Waals surface area contributed by atoms with Crippen molar-refractivity contribution in [3.8, 4) is 6.07 Å². The molecule has 0 amide bonds. The van der Waals surface area contributed by atoms with Crippen molar-refractivity contribution in [2.45, 2.75) is 16.6 Å². The number of hydrogen-bond acceptors (Lipinski definition) is 7. The third-order valence-electron chi connectivity index (χ3n) is 2.82. The van der Waals surface area contributed by atoms with Crippen LogP contribution in [0.5, 0.6) is 0 Å². The molecular weight excluding hydrogens is 316 g/mol. The lowest BCUT2D eigenvalue weighted by molar-refractivity contribution is 0.518. The lowest BCUT2D eigenvalue weighted by Gasteiger charge is -1.99. The smallest absolute Gasteiger partial charge is 0.206 e. The first-order valence-corrected chi connectivity index (χ1v) is 8.35. The number of nitriles is 1. The van der Waals surface area contributed by atoms with E-state index < -0.39 is 0 Å². The van der Waals surface area contributed by atoms with E-state index in [1.54, 1.807) is 24.1 Å². The Labute approximate surface area is 136 Å². The van der Waals surface area contributed by atoms with Crippen LogP contribution in [0.25, 0.3) is 0 Å². The van der Waals surface area contributed by atoms with Gasteiger partial charge in [0.05, 0.1) is 24.4 Å². The average Bonchev–Trinajstić information content (AvgIpc) is 3.22. The molecule has 0 saturated heterocycles. The molecule has 0 aliphatic carbocycles. The van der Waals surface area contributed by atoms with Crippen molar-refractivity contribution < 1.29 is 4.42 Å². The molecule has 0 atom stereocenters. The second-order valence-electron chi connectivity index (χ2n) is 4.41. The molecule has 1 N–H and O–H groups in total. The minimum Gasteiger partial charge on any atom is -0.467 e. The monoisotopic (exact) mass is 328 g/mol. The second-order valence-corrected chi connectivity index (χ2v) is 6.61. The van der Waals surface area contributed by atoms with Gasteiger partial charge in [0.25, 0.3) is 0 Å². The third kappa shape index (κ3) is 3.87.